The third kappa shape index (κ3) is 3.97. The molecule has 1 unspecified atom stereocenters. The second-order valence-corrected chi connectivity index (χ2v) is 9.10. The van der Waals surface area contributed by atoms with Crippen LogP contribution in [0.15, 0.2) is 29.2 Å². The van der Waals surface area contributed by atoms with Gasteiger partial charge in [-0.15, -0.1) is 0 Å². The van der Waals surface area contributed by atoms with Crippen LogP contribution in [0.4, 0.5) is 5.69 Å². The number of carbonyl (C=O) groups excluding carboxylic acids is 2. The zero-order chi connectivity index (χ0) is 19.6. The van der Waals surface area contributed by atoms with E-state index in [4.69, 9.17) is 0 Å². The number of carbonyl (C=O) groups is 3. The van der Waals surface area contributed by atoms with Crippen molar-refractivity contribution >= 4 is 33.3 Å². The van der Waals surface area contributed by atoms with E-state index >= 15 is 0 Å². The molecule has 1 aromatic carbocycles. The van der Waals surface area contributed by atoms with Gasteiger partial charge in [0.15, 0.2) is 15.1 Å². The largest absolute Gasteiger partial charge is 0.480 e. The Balaban J connectivity index is 1.75. The van der Waals surface area contributed by atoms with E-state index in [0.29, 0.717) is 12.8 Å². The highest BCUT2D eigenvalue weighted by molar-refractivity contribution is 7.93. The lowest BCUT2D eigenvalue weighted by Gasteiger charge is -2.29. The molecule has 1 aromatic rings. The monoisotopic (exact) mass is 394 g/mol. The number of hydrogen-bond acceptors (Lipinski definition) is 5. The Hall–Kier alpha value is -2.42. The fraction of sp³-hybridized carbons (Fsp3) is 0.500. The number of para-hydroxylation sites is 1. The molecule has 27 heavy (non-hydrogen) atoms. The van der Waals surface area contributed by atoms with Crippen molar-refractivity contribution in [2.75, 3.05) is 5.32 Å². The average molecular weight is 394 g/mol. The Bertz CT molecular complexity index is 860. The molecule has 1 aliphatic heterocycles. The molecule has 2 atom stereocenters. The molecule has 9 heteroatoms. The van der Waals surface area contributed by atoms with Gasteiger partial charge in [0.1, 0.15) is 6.04 Å². The lowest BCUT2D eigenvalue weighted by Crippen LogP contribution is -2.49. The predicted octanol–water partition coefficient (Wildman–Crippen LogP) is 1.32. The van der Waals surface area contributed by atoms with E-state index in [0.717, 1.165) is 19.3 Å². The van der Waals surface area contributed by atoms with E-state index in [1.807, 2.05) is 0 Å². The van der Waals surface area contributed by atoms with E-state index in [1.165, 1.54) is 18.2 Å². The van der Waals surface area contributed by atoms with E-state index in [2.05, 4.69) is 10.6 Å². The summed E-state index contributed by atoms with van der Waals surface area (Å²) in [5.74, 6) is -2.86. The molecule has 1 aliphatic carbocycles. The van der Waals surface area contributed by atoms with Gasteiger partial charge in [0, 0.05) is 0 Å². The summed E-state index contributed by atoms with van der Waals surface area (Å²) >= 11 is 0. The number of carboxylic acids is 1. The van der Waals surface area contributed by atoms with Gasteiger partial charge >= 0.3 is 5.97 Å². The van der Waals surface area contributed by atoms with E-state index in [-0.39, 0.29) is 16.5 Å². The molecule has 2 amide bonds. The van der Waals surface area contributed by atoms with Gasteiger partial charge in [-0.3, -0.25) is 9.59 Å². The van der Waals surface area contributed by atoms with Crippen LogP contribution in [0.3, 0.4) is 0 Å². The Kier molecular flexibility index (Phi) is 5.50. The third-order valence-corrected chi connectivity index (χ3v) is 7.29. The van der Waals surface area contributed by atoms with Crippen LogP contribution >= 0.6 is 0 Å². The summed E-state index contributed by atoms with van der Waals surface area (Å²) in [5.41, 5.74) is 0.185. The molecule has 146 valence electrons. The molecule has 0 aromatic heterocycles. The molecule has 3 N–H and O–H groups in total. The first kappa shape index (κ1) is 19.3. The first-order valence-electron chi connectivity index (χ1n) is 8.96. The molecule has 3 rings (SSSR count). The van der Waals surface area contributed by atoms with Crippen LogP contribution in [-0.2, 0) is 24.2 Å². The van der Waals surface area contributed by atoms with Crippen LogP contribution in [0, 0.1) is 5.92 Å². The predicted molar refractivity (Wildman–Crippen MR) is 96.8 cm³/mol. The highest BCUT2D eigenvalue weighted by Crippen LogP contribution is 2.31. The molecular weight excluding hydrogens is 372 g/mol. The summed E-state index contributed by atoms with van der Waals surface area (Å²) in [6.07, 6.45) is 3.64. The minimum atomic E-state index is -4.03. The van der Waals surface area contributed by atoms with Gasteiger partial charge in [-0.05, 0) is 30.9 Å². The van der Waals surface area contributed by atoms with Gasteiger partial charge in [0.25, 0.3) is 0 Å². The molecule has 1 saturated carbocycles. The van der Waals surface area contributed by atoms with Crippen LogP contribution in [0.2, 0.25) is 0 Å². The van der Waals surface area contributed by atoms with Crippen LogP contribution in [0.25, 0.3) is 0 Å². The first-order chi connectivity index (χ1) is 12.8. The van der Waals surface area contributed by atoms with Crippen molar-refractivity contribution in [2.45, 2.75) is 54.7 Å². The summed E-state index contributed by atoms with van der Waals surface area (Å²) in [6, 6.07) is 4.92. The van der Waals surface area contributed by atoms with E-state index in [9.17, 15) is 27.9 Å². The Morgan fingerprint density at radius 1 is 1.19 bits per heavy atom. The van der Waals surface area contributed by atoms with Crippen LogP contribution < -0.4 is 10.6 Å². The molecular formula is C18H22N2O6S. The highest BCUT2D eigenvalue weighted by Gasteiger charge is 2.42. The maximum Gasteiger partial charge on any atom is 0.326 e. The maximum absolute atomic E-state index is 12.7. The number of hydrogen-bond donors (Lipinski definition) is 3. The van der Waals surface area contributed by atoms with Crippen molar-refractivity contribution in [2.24, 2.45) is 5.92 Å². The number of amides is 2. The lowest BCUT2D eigenvalue weighted by atomic mass is 9.84. The summed E-state index contributed by atoms with van der Waals surface area (Å²) in [6.45, 7) is 0. The van der Waals surface area contributed by atoms with E-state index < -0.39 is 45.3 Å². The molecule has 0 saturated heterocycles. The number of aliphatic carboxylic acids is 1. The molecule has 0 bridgehead atoms. The number of anilines is 1. The molecule has 1 fully saturated rings. The SMILES string of the molecule is O=C(CC1C(=O)Nc2ccccc2S1(=O)=O)N[C@H](C(=O)O)C1CCCCC1. The summed E-state index contributed by atoms with van der Waals surface area (Å²) < 4.78 is 25.4. The van der Waals surface area contributed by atoms with Crippen LogP contribution in [-0.4, -0.2) is 42.6 Å². The number of benzene rings is 1. The fourth-order valence-corrected chi connectivity index (χ4v) is 5.49. The van der Waals surface area contributed by atoms with Gasteiger partial charge in [-0.2, -0.15) is 0 Å². The van der Waals surface area contributed by atoms with Gasteiger partial charge < -0.3 is 15.7 Å². The fourth-order valence-electron chi connectivity index (χ4n) is 3.78. The first-order valence-corrected chi connectivity index (χ1v) is 10.5. The summed E-state index contributed by atoms with van der Waals surface area (Å²) in [7, 11) is -4.03. The van der Waals surface area contributed by atoms with Crippen molar-refractivity contribution in [3.8, 4) is 0 Å². The molecule has 2 aliphatic rings. The number of sulfone groups is 1. The minimum absolute atomic E-state index is 0.0375. The number of rotatable bonds is 5. The molecule has 8 nitrogen and oxygen atoms in total. The Labute approximate surface area is 157 Å². The summed E-state index contributed by atoms with van der Waals surface area (Å²) in [4.78, 5) is 36.2. The second kappa shape index (κ2) is 7.67. The third-order valence-electron chi connectivity index (χ3n) is 5.19. The Morgan fingerprint density at radius 2 is 1.85 bits per heavy atom. The van der Waals surface area contributed by atoms with Crippen molar-refractivity contribution in [1.82, 2.24) is 5.32 Å². The molecule has 0 radical (unpaired) electrons. The van der Waals surface area contributed by atoms with E-state index in [1.54, 1.807) is 6.07 Å². The maximum atomic E-state index is 12.7. The molecule has 0 spiro atoms. The van der Waals surface area contributed by atoms with Gasteiger partial charge in [-0.1, -0.05) is 31.4 Å². The van der Waals surface area contributed by atoms with Crippen LogP contribution in [0.5, 0.6) is 0 Å². The van der Waals surface area contributed by atoms with Gasteiger partial charge in [-0.25, -0.2) is 13.2 Å². The number of nitrogens with one attached hydrogen (secondary N) is 2. The average Bonchev–Trinajstić information content (AvgIpc) is 2.64. The Morgan fingerprint density at radius 3 is 2.52 bits per heavy atom. The van der Waals surface area contributed by atoms with Crippen molar-refractivity contribution in [1.29, 1.82) is 0 Å². The smallest absolute Gasteiger partial charge is 0.326 e. The van der Waals surface area contributed by atoms with Crippen LogP contribution in [0.1, 0.15) is 38.5 Å². The number of carboxylic acid groups (broad SMARTS) is 1. The zero-order valence-corrected chi connectivity index (χ0v) is 15.5. The van der Waals surface area contributed by atoms with Crippen molar-refractivity contribution < 1.29 is 27.9 Å². The van der Waals surface area contributed by atoms with Crippen molar-refractivity contribution in [3.05, 3.63) is 24.3 Å². The molecule has 1 heterocycles. The normalized spacial score (nSPS) is 23.0. The lowest BCUT2D eigenvalue weighted by molar-refractivity contribution is -0.143. The standard InChI is InChI=1S/C18H22N2O6S/c21-15(20-16(18(23)24)11-6-2-1-3-7-11)10-14-17(22)19-12-8-4-5-9-13(12)27(14,25)26/h4-5,8-9,11,14,16H,1-3,6-7,10H2,(H,19,22)(H,20,21)(H,23,24)/t14?,16-/m0/s1. The summed E-state index contributed by atoms with van der Waals surface area (Å²) in [5, 5.41) is 12.8. The quantitative estimate of drug-likeness (QED) is 0.691. The second-order valence-electron chi connectivity index (χ2n) is 7.00. The zero-order valence-electron chi connectivity index (χ0n) is 14.7. The van der Waals surface area contributed by atoms with Gasteiger partial charge in [0.05, 0.1) is 17.0 Å². The van der Waals surface area contributed by atoms with Gasteiger partial charge in [0.2, 0.25) is 11.8 Å². The topological polar surface area (TPSA) is 130 Å². The number of fused-ring (bicyclic) bond motifs is 1. The minimum Gasteiger partial charge on any atom is -0.480 e. The van der Waals surface area contributed by atoms with Crippen molar-refractivity contribution in [3.63, 3.8) is 0 Å². The highest BCUT2D eigenvalue weighted by atomic mass is 32.2.